The van der Waals surface area contributed by atoms with E-state index in [0.29, 0.717) is 6.42 Å². The molecule has 0 spiro atoms. The van der Waals surface area contributed by atoms with E-state index in [1.54, 1.807) is 12.1 Å². The molecule has 0 bridgehead atoms. The Hall–Kier alpha value is -1.91. The maximum Gasteiger partial charge on any atom is 0.309 e. The molecule has 1 saturated heterocycles. The van der Waals surface area contributed by atoms with Gasteiger partial charge in [0.1, 0.15) is 5.82 Å². The molecule has 1 heterocycles. The van der Waals surface area contributed by atoms with Gasteiger partial charge in [0, 0.05) is 6.54 Å². The average Bonchev–Trinajstić information content (AvgIpc) is 2.64. The highest BCUT2D eigenvalue weighted by atomic mass is 19.1. The number of carbonyl (C=O) groups is 2. The van der Waals surface area contributed by atoms with Crippen LogP contribution >= 0.6 is 0 Å². The predicted molar refractivity (Wildman–Crippen MR) is 57.7 cm³/mol. The Morgan fingerprint density at radius 3 is 2.65 bits per heavy atom. The summed E-state index contributed by atoms with van der Waals surface area (Å²) < 4.78 is 12.7. The smallest absolute Gasteiger partial charge is 0.309 e. The predicted octanol–water partition coefficient (Wildman–Crippen LogP) is 0.815. The zero-order chi connectivity index (χ0) is 12.4. The molecule has 1 aromatic carbocycles. The van der Waals surface area contributed by atoms with Gasteiger partial charge in [0.2, 0.25) is 5.91 Å². The van der Waals surface area contributed by atoms with Gasteiger partial charge >= 0.3 is 5.97 Å². The maximum absolute atomic E-state index is 12.7. The van der Waals surface area contributed by atoms with E-state index in [0.717, 1.165) is 5.56 Å². The van der Waals surface area contributed by atoms with Crippen molar-refractivity contribution in [2.45, 2.75) is 6.42 Å². The summed E-state index contributed by atoms with van der Waals surface area (Å²) in [6.07, 6.45) is 0.322. The molecule has 90 valence electrons. The van der Waals surface area contributed by atoms with Gasteiger partial charge in [-0.05, 0) is 24.1 Å². The molecule has 0 aliphatic carbocycles. The van der Waals surface area contributed by atoms with E-state index >= 15 is 0 Å². The number of hydrogen-bond acceptors (Lipinski definition) is 2. The number of nitrogens with one attached hydrogen (secondary N) is 1. The summed E-state index contributed by atoms with van der Waals surface area (Å²) in [7, 11) is 0. The van der Waals surface area contributed by atoms with Crippen LogP contribution in [0.25, 0.3) is 0 Å². The van der Waals surface area contributed by atoms with Crippen molar-refractivity contribution in [3.8, 4) is 0 Å². The van der Waals surface area contributed by atoms with Crippen LogP contribution in [0.5, 0.6) is 0 Å². The number of rotatable bonds is 3. The fourth-order valence-electron chi connectivity index (χ4n) is 2.04. The van der Waals surface area contributed by atoms with Gasteiger partial charge in [-0.1, -0.05) is 12.1 Å². The van der Waals surface area contributed by atoms with Crippen LogP contribution in [0.2, 0.25) is 0 Å². The largest absolute Gasteiger partial charge is 0.481 e. The van der Waals surface area contributed by atoms with Crippen molar-refractivity contribution in [1.82, 2.24) is 5.32 Å². The van der Waals surface area contributed by atoms with Crippen LogP contribution < -0.4 is 5.32 Å². The molecule has 17 heavy (non-hydrogen) atoms. The SMILES string of the molecule is O=C(O)C1CNC(=O)C1Cc1ccc(F)cc1. The van der Waals surface area contributed by atoms with E-state index in [2.05, 4.69) is 5.32 Å². The van der Waals surface area contributed by atoms with Crippen molar-refractivity contribution in [2.75, 3.05) is 6.54 Å². The Labute approximate surface area is 97.4 Å². The zero-order valence-electron chi connectivity index (χ0n) is 9.02. The lowest BCUT2D eigenvalue weighted by Crippen LogP contribution is -2.25. The highest BCUT2D eigenvalue weighted by Crippen LogP contribution is 2.23. The van der Waals surface area contributed by atoms with Gasteiger partial charge in [-0.3, -0.25) is 9.59 Å². The fraction of sp³-hybridized carbons (Fsp3) is 0.333. The molecule has 0 aromatic heterocycles. The lowest BCUT2D eigenvalue weighted by molar-refractivity contribution is -0.143. The molecule has 0 radical (unpaired) electrons. The van der Waals surface area contributed by atoms with Crippen LogP contribution in [-0.2, 0) is 16.0 Å². The summed E-state index contributed by atoms with van der Waals surface area (Å²) >= 11 is 0. The standard InChI is InChI=1S/C12H12FNO3/c13-8-3-1-7(2-4-8)5-9-10(12(16)17)6-14-11(9)15/h1-4,9-10H,5-6H2,(H,14,15)(H,16,17). The van der Waals surface area contributed by atoms with E-state index in [-0.39, 0.29) is 18.3 Å². The molecule has 2 atom stereocenters. The molecule has 5 heteroatoms. The molecule has 1 aromatic rings. The average molecular weight is 237 g/mol. The Balaban J connectivity index is 2.13. The molecular weight excluding hydrogens is 225 g/mol. The van der Waals surface area contributed by atoms with Crippen LogP contribution in [0.1, 0.15) is 5.56 Å². The van der Waals surface area contributed by atoms with Gasteiger partial charge in [-0.15, -0.1) is 0 Å². The second kappa shape index (κ2) is 4.53. The van der Waals surface area contributed by atoms with Crippen LogP contribution in [0.4, 0.5) is 4.39 Å². The van der Waals surface area contributed by atoms with Crippen molar-refractivity contribution >= 4 is 11.9 Å². The number of aliphatic carboxylic acids is 1. The lowest BCUT2D eigenvalue weighted by Gasteiger charge is -2.12. The number of amides is 1. The fourth-order valence-corrected chi connectivity index (χ4v) is 2.04. The topological polar surface area (TPSA) is 66.4 Å². The van der Waals surface area contributed by atoms with Gasteiger partial charge in [0.15, 0.2) is 0 Å². The third-order valence-corrected chi connectivity index (χ3v) is 3.00. The minimum Gasteiger partial charge on any atom is -0.481 e. The first kappa shape index (κ1) is 11.6. The van der Waals surface area contributed by atoms with Crippen molar-refractivity contribution in [1.29, 1.82) is 0 Å². The summed E-state index contributed by atoms with van der Waals surface area (Å²) in [4.78, 5) is 22.5. The molecule has 2 unspecified atom stereocenters. The third-order valence-electron chi connectivity index (χ3n) is 3.00. The first-order chi connectivity index (χ1) is 8.08. The first-order valence-corrected chi connectivity index (χ1v) is 5.33. The molecule has 2 N–H and O–H groups in total. The minimum absolute atomic E-state index is 0.167. The van der Waals surface area contributed by atoms with Crippen molar-refractivity contribution in [3.05, 3.63) is 35.6 Å². The summed E-state index contributed by atoms with van der Waals surface area (Å²) in [5.74, 6) is -2.85. The molecular formula is C12H12FNO3. The van der Waals surface area contributed by atoms with Crippen molar-refractivity contribution < 1.29 is 19.1 Å². The summed E-state index contributed by atoms with van der Waals surface area (Å²) in [6.45, 7) is 0.167. The quantitative estimate of drug-likeness (QED) is 0.817. The normalized spacial score (nSPS) is 23.5. The Morgan fingerprint density at radius 2 is 2.06 bits per heavy atom. The highest BCUT2D eigenvalue weighted by molar-refractivity contribution is 5.88. The Kier molecular flexibility index (Phi) is 3.08. The van der Waals surface area contributed by atoms with E-state index in [4.69, 9.17) is 5.11 Å². The number of carbonyl (C=O) groups excluding carboxylic acids is 1. The van der Waals surface area contributed by atoms with Gasteiger partial charge in [0.05, 0.1) is 11.8 Å². The van der Waals surface area contributed by atoms with Crippen LogP contribution in [-0.4, -0.2) is 23.5 Å². The monoisotopic (exact) mass is 237 g/mol. The second-order valence-corrected chi connectivity index (χ2v) is 4.13. The Bertz CT molecular complexity index is 444. The highest BCUT2D eigenvalue weighted by Gasteiger charge is 2.39. The minimum atomic E-state index is -0.976. The third kappa shape index (κ3) is 2.43. The van der Waals surface area contributed by atoms with E-state index in [1.807, 2.05) is 0 Å². The van der Waals surface area contributed by atoms with Gasteiger partial charge in [-0.2, -0.15) is 0 Å². The Morgan fingerprint density at radius 1 is 1.41 bits per heavy atom. The molecule has 1 aliphatic rings. The molecule has 1 fully saturated rings. The van der Waals surface area contributed by atoms with Gasteiger partial charge in [0.25, 0.3) is 0 Å². The van der Waals surface area contributed by atoms with Crippen LogP contribution in [0.15, 0.2) is 24.3 Å². The second-order valence-electron chi connectivity index (χ2n) is 4.13. The molecule has 2 rings (SSSR count). The first-order valence-electron chi connectivity index (χ1n) is 5.33. The van der Waals surface area contributed by atoms with Gasteiger partial charge in [-0.25, -0.2) is 4.39 Å². The molecule has 4 nitrogen and oxygen atoms in total. The van der Waals surface area contributed by atoms with E-state index in [1.165, 1.54) is 12.1 Å². The summed E-state index contributed by atoms with van der Waals surface area (Å²) in [6, 6.07) is 5.75. The van der Waals surface area contributed by atoms with E-state index in [9.17, 15) is 14.0 Å². The number of carboxylic acids is 1. The van der Waals surface area contributed by atoms with Crippen LogP contribution in [0, 0.1) is 17.7 Å². The van der Waals surface area contributed by atoms with Crippen molar-refractivity contribution in [3.63, 3.8) is 0 Å². The zero-order valence-corrected chi connectivity index (χ0v) is 9.02. The summed E-state index contributed by atoms with van der Waals surface area (Å²) in [5.41, 5.74) is 0.764. The summed E-state index contributed by atoms with van der Waals surface area (Å²) in [5, 5.41) is 11.5. The van der Waals surface area contributed by atoms with Crippen molar-refractivity contribution in [2.24, 2.45) is 11.8 Å². The maximum atomic E-state index is 12.7. The van der Waals surface area contributed by atoms with Crippen LogP contribution in [0.3, 0.4) is 0 Å². The number of carboxylic acid groups (broad SMARTS) is 1. The van der Waals surface area contributed by atoms with E-state index < -0.39 is 17.8 Å². The number of benzene rings is 1. The van der Waals surface area contributed by atoms with Gasteiger partial charge < -0.3 is 10.4 Å². The molecule has 0 saturated carbocycles. The number of hydrogen-bond donors (Lipinski definition) is 2. The number of halogens is 1. The lowest BCUT2D eigenvalue weighted by atomic mass is 9.89. The molecule has 1 amide bonds. The molecule has 1 aliphatic heterocycles.